The first-order valence-corrected chi connectivity index (χ1v) is 6.83. The average Bonchev–Trinajstić information content (AvgIpc) is 2.46. The maximum absolute atomic E-state index is 11.8. The molecule has 2 aromatic rings. The van der Waals surface area contributed by atoms with Gasteiger partial charge in [-0.25, -0.2) is 0 Å². The van der Waals surface area contributed by atoms with Crippen molar-refractivity contribution in [2.75, 3.05) is 0 Å². The SMILES string of the molecule is O=C(Cc1ccccc1)NNC(=O)c1cccc(Br)c1. The Kier molecular flexibility index (Phi) is 4.90. The number of hydrogen-bond acceptors (Lipinski definition) is 2. The molecule has 4 nitrogen and oxygen atoms in total. The fraction of sp³-hybridized carbons (Fsp3) is 0.0667. The van der Waals surface area contributed by atoms with E-state index in [4.69, 9.17) is 0 Å². The Bertz CT molecular complexity index is 614. The Morgan fingerprint density at radius 2 is 1.70 bits per heavy atom. The number of carbonyl (C=O) groups excluding carboxylic acids is 2. The van der Waals surface area contributed by atoms with Gasteiger partial charge in [0, 0.05) is 10.0 Å². The molecule has 0 saturated carbocycles. The van der Waals surface area contributed by atoms with Crippen LogP contribution in [0.3, 0.4) is 0 Å². The first kappa shape index (κ1) is 14.3. The molecular formula is C15H13BrN2O2. The van der Waals surface area contributed by atoms with Crippen LogP contribution in [-0.2, 0) is 11.2 Å². The van der Waals surface area contributed by atoms with Crippen LogP contribution in [0.4, 0.5) is 0 Å². The van der Waals surface area contributed by atoms with Gasteiger partial charge >= 0.3 is 0 Å². The third-order valence-electron chi connectivity index (χ3n) is 2.61. The molecule has 0 aliphatic rings. The molecule has 5 heteroatoms. The van der Waals surface area contributed by atoms with Crippen molar-refractivity contribution in [3.8, 4) is 0 Å². The number of rotatable bonds is 3. The van der Waals surface area contributed by atoms with Gasteiger partial charge in [0.25, 0.3) is 5.91 Å². The summed E-state index contributed by atoms with van der Waals surface area (Å²) in [7, 11) is 0. The van der Waals surface area contributed by atoms with Crippen LogP contribution in [0, 0.1) is 0 Å². The van der Waals surface area contributed by atoms with Crippen molar-refractivity contribution in [2.45, 2.75) is 6.42 Å². The zero-order valence-electron chi connectivity index (χ0n) is 10.6. The first-order valence-electron chi connectivity index (χ1n) is 6.04. The normalized spacial score (nSPS) is 9.85. The molecule has 0 fully saturated rings. The summed E-state index contributed by atoms with van der Waals surface area (Å²) in [5.41, 5.74) is 6.14. The van der Waals surface area contributed by atoms with Gasteiger partial charge in [-0.3, -0.25) is 20.4 Å². The molecule has 0 aliphatic heterocycles. The van der Waals surface area contributed by atoms with E-state index < -0.39 is 0 Å². The second kappa shape index (κ2) is 6.86. The quantitative estimate of drug-likeness (QED) is 0.848. The lowest BCUT2D eigenvalue weighted by atomic mass is 10.1. The minimum absolute atomic E-state index is 0.222. The number of benzene rings is 2. The molecule has 102 valence electrons. The van der Waals surface area contributed by atoms with Gasteiger partial charge in [-0.15, -0.1) is 0 Å². The van der Waals surface area contributed by atoms with Crippen molar-refractivity contribution in [2.24, 2.45) is 0 Å². The Morgan fingerprint density at radius 1 is 0.950 bits per heavy atom. The molecule has 0 unspecified atom stereocenters. The second-order valence-corrected chi connectivity index (χ2v) is 5.09. The third-order valence-corrected chi connectivity index (χ3v) is 3.10. The summed E-state index contributed by atoms with van der Waals surface area (Å²) in [5.74, 6) is -0.618. The van der Waals surface area contributed by atoms with E-state index in [1.165, 1.54) is 0 Å². The fourth-order valence-electron chi connectivity index (χ4n) is 1.65. The number of carbonyl (C=O) groups is 2. The molecular weight excluding hydrogens is 320 g/mol. The minimum atomic E-state index is -0.354. The molecule has 0 atom stereocenters. The lowest BCUT2D eigenvalue weighted by Gasteiger charge is -2.07. The Morgan fingerprint density at radius 3 is 2.40 bits per heavy atom. The van der Waals surface area contributed by atoms with E-state index in [-0.39, 0.29) is 18.2 Å². The van der Waals surface area contributed by atoms with Crippen molar-refractivity contribution < 1.29 is 9.59 Å². The van der Waals surface area contributed by atoms with Crippen LogP contribution < -0.4 is 10.9 Å². The highest BCUT2D eigenvalue weighted by molar-refractivity contribution is 9.10. The van der Waals surface area contributed by atoms with Crippen LogP contribution >= 0.6 is 15.9 Å². The topological polar surface area (TPSA) is 58.2 Å². The van der Waals surface area contributed by atoms with Crippen LogP contribution in [-0.4, -0.2) is 11.8 Å². The van der Waals surface area contributed by atoms with Crippen molar-refractivity contribution in [1.29, 1.82) is 0 Å². The lowest BCUT2D eigenvalue weighted by molar-refractivity contribution is -0.121. The third kappa shape index (κ3) is 4.20. The molecule has 0 bridgehead atoms. The molecule has 2 N–H and O–H groups in total. The van der Waals surface area contributed by atoms with Crippen LogP contribution in [0.2, 0.25) is 0 Å². The van der Waals surface area contributed by atoms with Crippen LogP contribution in [0.1, 0.15) is 15.9 Å². The van der Waals surface area contributed by atoms with Gasteiger partial charge in [0.05, 0.1) is 6.42 Å². The van der Waals surface area contributed by atoms with Crippen molar-refractivity contribution in [3.63, 3.8) is 0 Å². The largest absolute Gasteiger partial charge is 0.273 e. The summed E-state index contributed by atoms with van der Waals surface area (Å²) in [6.45, 7) is 0. The van der Waals surface area contributed by atoms with Crippen LogP contribution in [0.5, 0.6) is 0 Å². The van der Waals surface area contributed by atoms with Gasteiger partial charge in [-0.1, -0.05) is 52.3 Å². The predicted molar refractivity (Wildman–Crippen MR) is 79.9 cm³/mol. The summed E-state index contributed by atoms with van der Waals surface area (Å²) in [6, 6.07) is 16.3. The van der Waals surface area contributed by atoms with E-state index in [1.54, 1.807) is 18.2 Å². The molecule has 0 aliphatic carbocycles. The van der Waals surface area contributed by atoms with Gasteiger partial charge in [0.2, 0.25) is 5.91 Å². The van der Waals surface area contributed by atoms with E-state index in [2.05, 4.69) is 26.8 Å². The number of hydrazine groups is 1. The Hall–Kier alpha value is -2.14. The second-order valence-electron chi connectivity index (χ2n) is 4.18. The van der Waals surface area contributed by atoms with E-state index >= 15 is 0 Å². The average molecular weight is 333 g/mol. The van der Waals surface area contributed by atoms with Gasteiger partial charge in [0.1, 0.15) is 0 Å². The van der Waals surface area contributed by atoms with Gasteiger partial charge in [-0.05, 0) is 23.8 Å². The molecule has 2 rings (SSSR count). The van der Waals surface area contributed by atoms with Gasteiger partial charge in [-0.2, -0.15) is 0 Å². The van der Waals surface area contributed by atoms with Crippen molar-refractivity contribution in [3.05, 3.63) is 70.2 Å². The highest BCUT2D eigenvalue weighted by atomic mass is 79.9. The molecule has 2 aromatic carbocycles. The smallest absolute Gasteiger partial charge is 0.269 e. The minimum Gasteiger partial charge on any atom is -0.273 e. The standard InChI is InChI=1S/C15H13BrN2O2/c16-13-8-4-7-12(10-13)15(20)18-17-14(19)9-11-5-2-1-3-6-11/h1-8,10H,9H2,(H,17,19)(H,18,20). The number of amides is 2. The van der Waals surface area contributed by atoms with E-state index in [0.29, 0.717) is 5.56 Å². The maximum Gasteiger partial charge on any atom is 0.269 e. The Labute approximate surface area is 125 Å². The monoisotopic (exact) mass is 332 g/mol. The highest BCUT2D eigenvalue weighted by Crippen LogP contribution is 2.11. The zero-order valence-corrected chi connectivity index (χ0v) is 12.2. The molecule has 0 saturated heterocycles. The van der Waals surface area contributed by atoms with E-state index in [9.17, 15) is 9.59 Å². The molecule has 0 aromatic heterocycles. The fourth-order valence-corrected chi connectivity index (χ4v) is 2.05. The first-order chi connectivity index (χ1) is 9.65. The summed E-state index contributed by atoms with van der Waals surface area (Å²) in [5, 5.41) is 0. The summed E-state index contributed by atoms with van der Waals surface area (Å²) in [4.78, 5) is 23.5. The zero-order chi connectivity index (χ0) is 14.4. The molecule has 2 amide bonds. The maximum atomic E-state index is 11.8. The van der Waals surface area contributed by atoms with Gasteiger partial charge in [0.15, 0.2) is 0 Å². The summed E-state index contributed by atoms with van der Waals surface area (Å²) >= 11 is 3.29. The van der Waals surface area contributed by atoms with Crippen molar-refractivity contribution >= 4 is 27.7 Å². The summed E-state index contributed by atoms with van der Waals surface area (Å²) in [6.07, 6.45) is 0.222. The molecule has 0 spiro atoms. The highest BCUT2D eigenvalue weighted by Gasteiger charge is 2.07. The van der Waals surface area contributed by atoms with E-state index in [1.807, 2.05) is 36.4 Å². The lowest BCUT2D eigenvalue weighted by Crippen LogP contribution is -2.42. The number of hydrogen-bond donors (Lipinski definition) is 2. The molecule has 0 heterocycles. The summed E-state index contributed by atoms with van der Waals surface area (Å²) < 4.78 is 0.806. The number of halogens is 1. The predicted octanol–water partition coefficient (Wildman–Crippen LogP) is 2.45. The van der Waals surface area contributed by atoms with Gasteiger partial charge < -0.3 is 0 Å². The van der Waals surface area contributed by atoms with Crippen LogP contribution in [0.15, 0.2) is 59.1 Å². The van der Waals surface area contributed by atoms with Crippen LogP contribution in [0.25, 0.3) is 0 Å². The van der Waals surface area contributed by atoms with Crippen molar-refractivity contribution in [1.82, 2.24) is 10.9 Å². The Balaban J connectivity index is 1.86. The molecule has 0 radical (unpaired) electrons. The molecule has 20 heavy (non-hydrogen) atoms. The number of nitrogens with one attached hydrogen (secondary N) is 2. The van der Waals surface area contributed by atoms with E-state index in [0.717, 1.165) is 10.0 Å².